The van der Waals surface area contributed by atoms with Gasteiger partial charge in [-0.2, -0.15) is 0 Å². The van der Waals surface area contributed by atoms with E-state index in [4.69, 9.17) is 0 Å². The molecule has 1 atom stereocenters. The summed E-state index contributed by atoms with van der Waals surface area (Å²) in [5, 5.41) is 11.9. The fourth-order valence-electron chi connectivity index (χ4n) is 2.40. The van der Waals surface area contributed by atoms with Gasteiger partial charge in [0.2, 0.25) is 21.8 Å². The number of phenolic OH excluding ortho intramolecular Hbond substituents is 1. The summed E-state index contributed by atoms with van der Waals surface area (Å²) in [6.07, 6.45) is 0.0765. The fraction of sp³-hybridized carbons (Fsp3) is 0.467. The van der Waals surface area contributed by atoms with Gasteiger partial charge in [-0.05, 0) is 24.3 Å². The Bertz CT molecular complexity index is 715. The molecule has 1 saturated heterocycles. The second-order valence-corrected chi connectivity index (χ2v) is 8.11. The molecule has 9 heteroatoms. The number of nitrogens with zero attached hydrogens (tertiary/aromatic N) is 2. The highest BCUT2D eigenvalue weighted by Gasteiger charge is 2.35. The van der Waals surface area contributed by atoms with E-state index in [0.717, 1.165) is 4.31 Å². The first kappa shape index (κ1) is 18.2. The van der Waals surface area contributed by atoms with E-state index in [-0.39, 0.29) is 42.8 Å². The summed E-state index contributed by atoms with van der Waals surface area (Å²) >= 11 is 0. The SMILES string of the molecule is CN(C)S(=O)(=O)CCNC(=O)C1CC(=O)N(c2ccc(O)cc2)C1. The summed E-state index contributed by atoms with van der Waals surface area (Å²) in [5.74, 6) is -1.12. The van der Waals surface area contributed by atoms with Crippen molar-refractivity contribution >= 4 is 27.5 Å². The number of aromatic hydroxyl groups is 1. The molecule has 1 aromatic rings. The molecule has 0 aromatic heterocycles. The molecule has 2 amide bonds. The smallest absolute Gasteiger partial charge is 0.227 e. The predicted octanol–water partition coefficient (Wildman–Crippen LogP) is -0.247. The topological polar surface area (TPSA) is 107 Å². The van der Waals surface area contributed by atoms with Gasteiger partial charge >= 0.3 is 0 Å². The number of rotatable bonds is 6. The Kier molecular flexibility index (Phi) is 5.45. The first-order valence-electron chi connectivity index (χ1n) is 7.48. The van der Waals surface area contributed by atoms with Crippen LogP contribution in [0.1, 0.15) is 6.42 Å². The lowest BCUT2D eigenvalue weighted by Crippen LogP contribution is -2.37. The third kappa shape index (κ3) is 4.24. The monoisotopic (exact) mass is 355 g/mol. The first-order chi connectivity index (χ1) is 11.2. The van der Waals surface area contributed by atoms with E-state index in [1.165, 1.54) is 31.1 Å². The first-order valence-corrected chi connectivity index (χ1v) is 9.09. The molecule has 0 saturated carbocycles. The molecule has 24 heavy (non-hydrogen) atoms. The highest BCUT2D eigenvalue weighted by Crippen LogP contribution is 2.26. The molecule has 0 radical (unpaired) electrons. The van der Waals surface area contributed by atoms with Gasteiger partial charge in [0.05, 0.1) is 11.7 Å². The van der Waals surface area contributed by atoms with Crippen LogP contribution in [0.4, 0.5) is 5.69 Å². The van der Waals surface area contributed by atoms with Crippen molar-refractivity contribution in [1.82, 2.24) is 9.62 Å². The molecule has 1 aliphatic heterocycles. The number of hydrogen-bond acceptors (Lipinski definition) is 5. The van der Waals surface area contributed by atoms with Crippen molar-refractivity contribution in [2.75, 3.05) is 37.8 Å². The standard InChI is InChI=1S/C15H21N3O5S/c1-17(2)24(22,23)8-7-16-15(21)11-9-14(20)18(10-11)12-3-5-13(19)6-4-12/h3-6,11,19H,7-10H2,1-2H3,(H,16,21). The third-order valence-corrected chi connectivity index (χ3v) is 5.71. The van der Waals surface area contributed by atoms with Crippen LogP contribution in [0.25, 0.3) is 0 Å². The number of sulfonamides is 1. The van der Waals surface area contributed by atoms with Crippen molar-refractivity contribution in [1.29, 1.82) is 0 Å². The van der Waals surface area contributed by atoms with Gasteiger partial charge in [-0.1, -0.05) is 0 Å². The van der Waals surface area contributed by atoms with Crippen LogP contribution in [0.2, 0.25) is 0 Å². The van der Waals surface area contributed by atoms with E-state index in [2.05, 4.69) is 5.32 Å². The van der Waals surface area contributed by atoms with Crippen LogP contribution >= 0.6 is 0 Å². The Balaban J connectivity index is 1.91. The summed E-state index contributed by atoms with van der Waals surface area (Å²) < 4.78 is 24.4. The van der Waals surface area contributed by atoms with Crippen LogP contribution in [-0.2, 0) is 19.6 Å². The fourth-order valence-corrected chi connectivity index (χ4v) is 3.12. The Morgan fingerprint density at radius 1 is 1.33 bits per heavy atom. The molecule has 1 aromatic carbocycles. The van der Waals surface area contributed by atoms with Crippen LogP contribution in [-0.4, -0.2) is 62.6 Å². The van der Waals surface area contributed by atoms with Crippen LogP contribution in [0.5, 0.6) is 5.75 Å². The Morgan fingerprint density at radius 3 is 2.54 bits per heavy atom. The van der Waals surface area contributed by atoms with Crippen molar-refractivity contribution in [3.63, 3.8) is 0 Å². The van der Waals surface area contributed by atoms with Crippen molar-refractivity contribution < 1.29 is 23.1 Å². The molecule has 1 heterocycles. The highest BCUT2D eigenvalue weighted by molar-refractivity contribution is 7.89. The van der Waals surface area contributed by atoms with Crippen LogP contribution in [0.3, 0.4) is 0 Å². The molecular formula is C15H21N3O5S. The molecule has 0 bridgehead atoms. The van der Waals surface area contributed by atoms with E-state index in [1.807, 2.05) is 0 Å². The molecule has 1 unspecified atom stereocenters. The molecule has 8 nitrogen and oxygen atoms in total. The quantitative estimate of drug-likeness (QED) is 0.732. The molecule has 2 N–H and O–H groups in total. The Labute approximate surface area is 141 Å². The summed E-state index contributed by atoms with van der Waals surface area (Å²) in [6, 6.07) is 6.17. The van der Waals surface area contributed by atoms with Crippen molar-refractivity contribution in [2.45, 2.75) is 6.42 Å². The number of carbonyl (C=O) groups excluding carboxylic acids is 2. The van der Waals surface area contributed by atoms with E-state index in [0.29, 0.717) is 5.69 Å². The molecule has 1 fully saturated rings. The zero-order valence-electron chi connectivity index (χ0n) is 13.6. The second kappa shape index (κ2) is 7.18. The van der Waals surface area contributed by atoms with E-state index >= 15 is 0 Å². The van der Waals surface area contributed by atoms with Gasteiger partial charge in [0, 0.05) is 39.3 Å². The zero-order valence-corrected chi connectivity index (χ0v) is 14.4. The summed E-state index contributed by atoms with van der Waals surface area (Å²) in [4.78, 5) is 25.7. The molecule has 1 aliphatic rings. The van der Waals surface area contributed by atoms with Crippen LogP contribution in [0.15, 0.2) is 24.3 Å². The summed E-state index contributed by atoms with van der Waals surface area (Å²) in [6.45, 7) is 0.235. The Hall–Kier alpha value is -2.13. The summed E-state index contributed by atoms with van der Waals surface area (Å²) in [5.41, 5.74) is 0.614. The minimum Gasteiger partial charge on any atom is -0.508 e. The van der Waals surface area contributed by atoms with Crippen LogP contribution < -0.4 is 10.2 Å². The lowest BCUT2D eigenvalue weighted by molar-refractivity contribution is -0.126. The summed E-state index contributed by atoms with van der Waals surface area (Å²) in [7, 11) is -0.503. The van der Waals surface area contributed by atoms with Gasteiger partial charge in [0.25, 0.3) is 0 Å². The predicted molar refractivity (Wildman–Crippen MR) is 89.1 cm³/mol. The largest absolute Gasteiger partial charge is 0.508 e. The van der Waals surface area contributed by atoms with Crippen molar-refractivity contribution in [2.24, 2.45) is 5.92 Å². The van der Waals surface area contributed by atoms with Gasteiger partial charge in [0.15, 0.2) is 0 Å². The number of anilines is 1. The molecule has 0 spiro atoms. The van der Waals surface area contributed by atoms with Crippen molar-refractivity contribution in [3.05, 3.63) is 24.3 Å². The average Bonchev–Trinajstić information content (AvgIpc) is 2.89. The zero-order chi connectivity index (χ0) is 17.9. The number of phenols is 1. The Morgan fingerprint density at radius 2 is 1.96 bits per heavy atom. The van der Waals surface area contributed by atoms with Crippen molar-refractivity contribution in [3.8, 4) is 5.75 Å². The third-order valence-electron chi connectivity index (χ3n) is 3.87. The maximum Gasteiger partial charge on any atom is 0.227 e. The molecule has 2 rings (SSSR count). The van der Waals surface area contributed by atoms with E-state index < -0.39 is 15.9 Å². The second-order valence-electron chi connectivity index (χ2n) is 5.81. The van der Waals surface area contributed by atoms with Gasteiger partial charge < -0.3 is 15.3 Å². The van der Waals surface area contributed by atoms with Gasteiger partial charge in [-0.25, -0.2) is 12.7 Å². The number of hydrogen-bond donors (Lipinski definition) is 2. The molecular weight excluding hydrogens is 334 g/mol. The maximum absolute atomic E-state index is 12.1. The minimum atomic E-state index is -3.37. The molecule has 0 aliphatic carbocycles. The normalized spacial score (nSPS) is 18.2. The van der Waals surface area contributed by atoms with E-state index in [9.17, 15) is 23.1 Å². The minimum absolute atomic E-state index is 0.00322. The number of nitrogens with one attached hydrogen (secondary N) is 1. The van der Waals surface area contributed by atoms with Crippen LogP contribution in [0, 0.1) is 5.92 Å². The van der Waals surface area contributed by atoms with E-state index in [1.54, 1.807) is 12.1 Å². The molecule has 132 valence electrons. The number of carbonyl (C=O) groups is 2. The highest BCUT2D eigenvalue weighted by atomic mass is 32.2. The average molecular weight is 355 g/mol. The lowest BCUT2D eigenvalue weighted by Gasteiger charge is -2.17. The maximum atomic E-state index is 12.1. The number of benzene rings is 1. The lowest BCUT2D eigenvalue weighted by atomic mass is 10.1. The number of amides is 2. The van der Waals surface area contributed by atoms with Gasteiger partial charge in [-0.15, -0.1) is 0 Å². The van der Waals surface area contributed by atoms with Gasteiger partial charge in [0.1, 0.15) is 5.75 Å². The van der Waals surface area contributed by atoms with Gasteiger partial charge in [-0.3, -0.25) is 9.59 Å².